The van der Waals surface area contributed by atoms with Crippen LogP contribution < -0.4 is 10.2 Å². The van der Waals surface area contributed by atoms with Crippen LogP contribution in [0.4, 0.5) is 0 Å². The van der Waals surface area contributed by atoms with Crippen molar-refractivity contribution in [3.63, 3.8) is 0 Å². The van der Waals surface area contributed by atoms with Gasteiger partial charge >= 0.3 is 7.12 Å². The Hall–Kier alpha value is -0.995. The van der Waals surface area contributed by atoms with Gasteiger partial charge in [0.2, 0.25) is 0 Å². The molecule has 0 bridgehead atoms. The molecule has 0 unspecified atom stereocenters. The predicted molar refractivity (Wildman–Crippen MR) is 94.2 cm³/mol. The second-order valence-electron chi connectivity index (χ2n) is 7.97. The average molecular weight is 316 g/mol. The lowest BCUT2D eigenvalue weighted by Gasteiger charge is -2.32. The van der Waals surface area contributed by atoms with Crippen LogP contribution in [0.1, 0.15) is 59.8 Å². The Morgan fingerprint density at radius 2 is 1.52 bits per heavy atom. The number of rotatable bonds is 4. The highest BCUT2D eigenvalue weighted by molar-refractivity contribution is 6.62. The molecule has 1 heterocycles. The van der Waals surface area contributed by atoms with Crippen molar-refractivity contribution < 1.29 is 14.0 Å². The van der Waals surface area contributed by atoms with Crippen LogP contribution in [0.15, 0.2) is 24.3 Å². The van der Waals surface area contributed by atoms with Gasteiger partial charge in [-0.25, -0.2) is 0 Å². The van der Waals surface area contributed by atoms with Gasteiger partial charge in [-0.1, -0.05) is 31.4 Å². The first-order valence-corrected chi connectivity index (χ1v) is 8.96. The summed E-state index contributed by atoms with van der Waals surface area (Å²) in [6.45, 7) is 9.16. The summed E-state index contributed by atoms with van der Waals surface area (Å²) in [5.41, 5.74) is 0.454. The summed E-state index contributed by atoms with van der Waals surface area (Å²) in [7, 11) is -0.299. The van der Waals surface area contributed by atoms with Gasteiger partial charge in [0.15, 0.2) is 0 Å². The first-order chi connectivity index (χ1) is 10.9. The van der Waals surface area contributed by atoms with E-state index in [1.807, 2.05) is 12.1 Å². The van der Waals surface area contributed by atoms with E-state index in [4.69, 9.17) is 14.0 Å². The van der Waals surface area contributed by atoms with Crippen molar-refractivity contribution in [1.29, 1.82) is 0 Å². The smallest absolute Gasteiger partial charge is 0.493 e. The molecule has 0 N–H and O–H groups in total. The zero-order valence-electron chi connectivity index (χ0n) is 14.9. The second-order valence-corrected chi connectivity index (χ2v) is 7.97. The first-order valence-electron chi connectivity index (χ1n) is 8.96. The predicted octanol–water partition coefficient (Wildman–Crippen LogP) is 3.94. The molecule has 0 aromatic heterocycles. The van der Waals surface area contributed by atoms with E-state index in [1.54, 1.807) is 0 Å². The van der Waals surface area contributed by atoms with E-state index >= 15 is 0 Å². The number of benzene rings is 1. The molecule has 1 aromatic rings. The molecule has 4 heteroatoms. The zero-order valence-corrected chi connectivity index (χ0v) is 14.9. The Morgan fingerprint density at radius 1 is 0.957 bits per heavy atom. The summed E-state index contributed by atoms with van der Waals surface area (Å²) in [6, 6.07) is 8.17. The van der Waals surface area contributed by atoms with Gasteiger partial charge in [0.1, 0.15) is 5.75 Å². The van der Waals surface area contributed by atoms with Crippen molar-refractivity contribution in [3.8, 4) is 5.75 Å². The molecule has 1 aliphatic carbocycles. The van der Waals surface area contributed by atoms with Gasteiger partial charge in [0.25, 0.3) is 0 Å². The summed E-state index contributed by atoms with van der Waals surface area (Å²) in [5, 5.41) is 0. The van der Waals surface area contributed by atoms with Gasteiger partial charge in [-0.2, -0.15) is 0 Å². The Labute approximate surface area is 140 Å². The van der Waals surface area contributed by atoms with Crippen LogP contribution in [0.3, 0.4) is 0 Å². The Kier molecular flexibility index (Phi) is 4.75. The largest absolute Gasteiger partial charge is 0.494 e. The van der Waals surface area contributed by atoms with Gasteiger partial charge in [-0.05, 0) is 64.1 Å². The second kappa shape index (κ2) is 6.48. The molecule has 1 saturated carbocycles. The third-order valence-electron chi connectivity index (χ3n) is 5.62. The summed E-state index contributed by atoms with van der Waals surface area (Å²) in [4.78, 5) is 0. The molecule has 3 rings (SSSR count). The molecule has 0 radical (unpaired) electrons. The summed E-state index contributed by atoms with van der Waals surface area (Å²) in [6.07, 6.45) is 6.72. The minimum absolute atomic E-state index is 0.298. The van der Waals surface area contributed by atoms with Crippen LogP contribution in [-0.4, -0.2) is 24.9 Å². The molecular formula is C19H29BO3. The van der Waals surface area contributed by atoms with Crippen LogP contribution in [-0.2, 0) is 9.31 Å². The fraction of sp³-hybridized carbons (Fsp3) is 0.684. The normalized spacial score (nSPS) is 23.9. The van der Waals surface area contributed by atoms with E-state index in [1.165, 1.54) is 32.1 Å². The van der Waals surface area contributed by atoms with Gasteiger partial charge in [0, 0.05) is 0 Å². The third-order valence-corrected chi connectivity index (χ3v) is 5.62. The van der Waals surface area contributed by atoms with E-state index < -0.39 is 0 Å². The highest BCUT2D eigenvalue weighted by Crippen LogP contribution is 2.36. The number of hydrogen-bond acceptors (Lipinski definition) is 3. The molecule has 2 fully saturated rings. The van der Waals surface area contributed by atoms with E-state index in [9.17, 15) is 0 Å². The Morgan fingerprint density at radius 3 is 2.09 bits per heavy atom. The van der Waals surface area contributed by atoms with E-state index in [2.05, 4.69) is 39.8 Å². The van der Waals surface area contributed by atoms with Crippen molar-refractivity contribution in [3.05, 3.63) is 24.3 Å². The topological polar surface area (TPSA) is 27.7 Å². The van der Waals surface area contributed by atoms with Crippen LogP contribution in [0.25, 0.3) is 0 Å². The molecule has 23 heavy (non-hydrogen) atoms. The molecule has 1 saturated heterocycles. The number of ether oxygens (including phenoxy) is 1. The van der Waals surface area contributed by atoms with Crippen molar-refractivity contribution >= 4 is 12.6 Å². The molecule has 1 aromatic carbocycles. The highest BCUT2D eigenvalue weighted by atomic mass is 16.7. The minimum atomic E-state index is -0.299. The van der Waals surface area contributed by atoms with E-state index in [0.717, 1.165) is 23.7 Å². The SMILES string of the molecule is CC1(C)OB(c2ccc(OCC3CCCCC3)cc2)OC1(C)C. The molecule has 2 aliphatic rings. The Bertz CT molecular complexity index is 502. The monoisotopic (exact) mass is 316 g/mol. The van der Waals surface area contributed by atoms with E-state index in [-0.39, 0.29) is 18.3 Å². The fourth-order valence-electron chi connectivity index (χ4n) is 3.27. The van der Waals surface area contributed by atoms with Crippen molar-refractivity contribution in [2.75, 3.05) is 6.61 Å². The number of hydrogen-bond donors (Lipinski definition) is 0. The van der Waals surface area contributed by atoms with Crippen molar-refractivity contribution in [2.24, 2.45) is 5.92 Å². The fourth-order valence-corrected chi connectivity index (χ4v) is 3.27. The van der Waals surface area contributed by atoms with Gasteiger partial charge < -0.3 is 14.0 Å². The summed E-state index contributed by atoms with van der Waals surface area (Å²) < 4.78 is 18.1. The lowest BCUT2D eigenvalue weighted by atomic mass is 9.79. The van der Waals surface area contributed by atoms with Crippen molar-refractivity contribution in [2.45, 2.75) is 71.0 Å². The highest BCUT2D eigenvalue weighted by Gasteiger charge is 2.51. The summed E-state index contributed by atoms with van der Waals surface area (Å²) in [5.74, 6) is 1.67. The van der Waals surface area contributed by atoms with E-state index in [0.29, 0.717) is 0 Å². The van der Waals surface area contributed by atoms with Crippen LogP contribution in [0, 0.1) is 5.92 Å². The minimum Gasteiger partial charge on any atom is -0.493 e. The maximum absolute atomic E-state index is 6.08. The third kappa shape index (κ3) is 3.75. The molecule has 0 spiro atoms. The lowest BCUT2D eigenvalue weighted by Crippen LogP contribution is -2.41. The maximum atomic E-state index is 6.08. The quantitative estimate of drug-likeness (QED) is 0.787. The van der Waals surface area contributed by atoms with Crippen molar-refractivity contribution in [1.82, 2.24) is 0 Å². The first kappa shape index (κ1) is 16.8. The maximum Gasteiger partial charge on any atom is 0.494 e. The molecule has 0 amide bonds. The molecular weight excluding hydrogens is 287 g/mol. The van der Waals surface area contributed by atoms with Gasteiger partial charge in [0.05, 0.1) is 17.8 Å². The van der Waals surface area contributed by atoms with Crippen LogP contribution >= 0.6 is 0 Å². The zero-order chi connectivity index (χ0) is 16.5. The molecule has 0 atom stereocenters. The molecule has 126 valence electrons. The van der Waals surface area contributed by atoms with Crippen LogP contribution in [0.2, 0.25) is 0 Å². The lowest BCUT2D eigenvalue weighted by molar-refractivity contribution is 0.00578. The van der Waals surface area contributed by atoms with Gasteiger partial charge in [-0.15, -0.1) is 0 Å². The summed E-state index contributed by atoms with van der Waals surface area (Å²) >= 11 is 0. The average Bonchev–Trinajstić information content (AvgIpc) is 2.75. The van der Waals surface area contributed by atoms with Gasteiger partial charge in [-0.3, -0.25) is 0 Å². The molecule has 1 aliphatic heterocycles. The van der Waals surface area contributed by atoms with Crippen LogP contribution in [0.5, 0.6) is 5.75 Å². The standard InChI is InChI=1S/C19H29BO3/c1-18(2)19(3,4)23-20(22-18)16-10-12-17(13-11-16)21-14-15-8-6-5-7-9-15/h10-13,15H,5-9,14H2,1-4H3. The Balaban J connectivity index is 1.57. The molecule has 3 nitrogen and oxygen atoms in total.